The Hall–Kier alpha value is -4.68. The molecular weight excluding hydrogens is 688 g/mol. The predicted octanol–water partition coefficient (Wildman–Crippen LogP) is 7.10. The largest absolute Gasteiger partial charge is 0.487 e. The van der Waals surface area contributed by atoms with E-state index < -0.39 is 17.8 Å². The zero-order valence-electron chi connectivity index (χ0n) is 25.0. The van der Waals surface area contributed by atoms with Gasteiger partial charge in [0, 0.05) is 40.0 Å². The molecule has 5 aromatic rings. The Kier molecular flexibility index (Phi) is 13.1. The van der Waals surface area contributed by atoms with Crippen LogP contribution in [-0.2, 0) is 11.4 Å². The maximum atomic E-state index is 13.0. The summed E-state index contributed by atoms with van der Waals surface area (Å²) in [6.45, 7) is 1.61. The van der Waals surface area contributed by atoms with E-state index in [9.17, 15) is 14.4 Å². The molecule has 0 bridgehead atoms. The van der Waals surface area contributed by atoms with Gasteiger partial charge < -0.3 is 25.6 Å². The molecule has 47 heavy (non-hydrogen) atoms. The molecule has 0 atom stereocenters. The molecule has 2 aromatic heterocycles. The number of nitrogens with one attached hydrogen (secondary N) is 3. The smallest absolute Gasteiger partial charge is 0.319 e. The Bertz CT molecular complexity index is 1900. The quantitative estimate of drug-likeness (QED) is 0.148. The molecule has 0 aliphatic rings. The summed E-state index contributed by atoms with van der Waals surface area (Å²) in [7, 11) is 1.54. The van der Waals surface area contributed by atoms with Gasteiger partial charge in [-0.2, -0.15) is 0 Å². The molecule has 0 spiro atoms. The van der Waals surface area contributed by atoms with E-state index in [0.29, 0.717) is 39.0 Å². The molecule has 0 saturated carbocycles. The van der Waals surface area contributed by atoms with Crippen molar-refractivity contribution in [3.63, 3.8) is 0 Å². The Morgan fingerprint density at radius 3 is 2.40 bits per heavy atom. The molecule has 244 valence electrons. The topological polar surface area (TPSA) is 138 Å². The van der Waals surface area contributed by atoms with Crippen LogP contribution < -0.4 is 25.6 Å². The number of amides is 4. The van der Waals surface area contributed by atoms with Crippen LogP contribution >= 0.6 is 48.0 Å². The number of nitrogens with zero attached hydrogens (tertiary/aromatic N) is 4. The number of carbonyl (C=O) groups excluding carboxylic acids is 3. The maximum absolute atomic E-state index is 13.0. The van der Waals surface area contributed by atoms with Gasteiger partial charge in [-0.1, -0.05) is 47.5 Å². The molecule has 0 fully saturated rings. The normalized spacial score (nSPS) is 10.2. The first-order valence-electron chi connectivity index (χ1n) is 13.6. The second-order valence-electron chi connectivity index (χ2n) is 9.85. The molecule has 3 N–H and O–H groups in total. The monoisotopic (exact) mass is 715 g/mol. The minimum Gasteiger partial charge on any atom is -0.487 e. The van der Waals surface area contributed by atoms with Gasteiger partial charge in [-0.15, -0.1) is 24.8 Å². The number of aromatic nitrogens is 3. The fourth-order valence-corrected chi connectivity index (χ4v) is 4.96. The van der Waals surface area contributed by atoms with E-state index in [4.69, 9.17) is 27.9 Å². The Morgan fingerprint density at radius 2 is 1.64 bits per heavy atom. The first-order valence-corrected chi connectivity index (χ1v) is 14.4. The second-order valence-corrected chi connectivity index (χ2v) is 10.6. The maximum Gasteiger partial charge on any atom is 0.319 e. The molecule has 0 saturated heterocycles. The third kappa shape index (κ3) is 9.20. The lowest BCUT2D eigenvalue weighted by molar-refractivity contribution is -0.117. The Morgan fingerprint density at radius 1 is 0.894 bits per heavy atom. The van der Waals surface area contributed by atoms with Crippen LogP contribution in [0, 0.1) is 6.92 Å². The van der Waals surface area contributed by atoms with Gasteiger partial charge in [0.2, 0.25) is 5.91 Å². The molecule has 0 aliphatic carbocycles. The van der Waals surface area contributed by atoms with E-state index in [0.717, 1.165) is 16.6 Å². The van der Waals surface area contributed by atoms with Gasteiger partial charge in [-0.3, -0.25) is 9.59 Å². The number of urea groups is 1. The van der Waals surface area contributed by atoms with Gasteiger partial charge in [-0.25, -0.2) is 19.7 Å². The van der Waals surface area contributed by atoms with Crippen LogP contribution in [0.15, 0.2) is 85.5 Å². The van der Waals surface area contributed by atoms with Crippen LogP contribution in [-0.4, -0.2) is 46.4 Å². The number of hydrogen-bond donors (Lipinski definition) is 3. The SMILES string of the molecule is Cc1ccc2cccc(OCc3c(Cl)ccc(N(C)C(=O)CNC(=O)Nc4cccc(C(=O)Nc5cncnc5)c4)c3Cl)c2n1.Cl.Cl. The second kappa shape index (κ2) is 16.8. The summed E-state index contributed by atoms with van der Waals surface area (Å²) in [6, 6.07) is 18.5. The lowest BCUT2D eigenvalue weighted by Crippen LogP contribution is -2.40. The van der Waals surface area contributed by atoms with E-state index in [-0.39, 0.29) is 43.0 Å². The fraction of sp³-hybridized carbons (Fsp3) is 0.125. The molecule has 3 aromatic carbocycles. The number of fused-ring (bicyclic) bond motifs is 1. The molecule has 5 rings (SSSR count). The van der Waals surface area contributed by atoms with Crippen molar-refractivity contribution in [1.29, 1.82) is 0 Å². The number of anilines is 3. The van der Waals surface area contributed by atoms with Crippen molar-refractivity contribution in [3.05, 3.63) is 112 Å². The molecule has 15 heteroatoms. The third-order valence-corrected chi connectivity index (χ3v) is 7.47. The number of benzene rings is 3. The lowest BCUT2D eigenvalue weighted by atomic mass is 10.1. The van der Waals surface area contributed by atoms with Gasteiger partial charge in [0.05, 0.1) is 35.3 Å². The molecule has 2 heterocycles. The van der Waals surface area contributed by atoms with Crippen molar-refractivity contribution >= 4 is 93.8 Å². The number of likely N-dealkylation sites (N-methyl/N-ethyl adjacent to an activating group) is 1. The lowest BCUT2D eigenvalue weighted by Gasteiger charge is -2.21. The highest BCUT2D eigenvalue weighted by molar-refractivity contribution is 6.38. The molecule has 4 amide bonds. The number of aryl methyl sites for hydroxylation is 1. The van der Waals surface area contributed by atoms with Crippen molar-refractivity contribution < 1.29 is 19.1 Å². The van der Waals surface area contributed by atoms with Gasteiger partial charge in [-0.05, 0) is 49.4 Å². The Balaban J connectivity index is 0.00000300. The van der Waals surface area contributed by atoms with Crippen LogP contribution in [0.5, 0.6) is 5.75 Å². The fourth-order valence-electron chi connectivity index (χ4n) is 4.35. The molecule has 0 unspecified atom stereocenters. The number of rotatable bonds is 9. The number of halogens is 4. The van der Waals surface area contributed by atoms with Crippen molar-refractivity contribution in [1.82, 2.24) is 20.3 Å². The number of pyridine rings is 1. The molecular formula is C32H29Cl4N7O4. The van der Waals surface area contributed by atoms with E-state index in [1.807, 2.05) is 37.3 Å². The van der Waals surface area contributed by atoms with Crippen LogP contribution in [0.4, 0.5) is 21.9 Å². The molecule has 0 radical (unpaired) electrons. The Labute approximate surface area is 292 Å². The number of hydrogen-bond acceptors (Lipinski definition) is 7. The number of ether oxygens (including phenoxy) is 1. The van der Waals surface area contributed by atoms with E-state index in [1.54, 1.807) is 37.4 Å². The van der Waals surface area contributed by atoms with Crippen LogP contribution in [0.1, 0.15) is 21.6 Å². The summed E-state index contributed by atoms with van der Waals surface area (Å²) in [5.41, 5.74) is 3.54. The summed E-state index contributed by atoms with van der Waals surface area (Å²) in [4.78, 5) is 51.8. The third-order valence-electron chi connectivity index (χ3n) is 6.70. The van der Waals surface area contributed by atoms with Crippen molar-refractivity contribution in [2.45, 2.75) is 13.5 Å². The van der Waals surface area contributed by atoms with E-state index >= 15 is 0 Å². The standard InChI is InChI=1S/C32H27Cl2N7O4.2ClH/c1-19-9-10-20-5-4-8-27(30(20)38-19)45-17-24-25(33)11-12-26(29(24)34)41(2)28(42)16-37-32(44)40-22-7-3-6-21(13-22)31(43)39-23-14-35-18-36-15-23;;/h3-15,18H,16-17H2,1-2H3,(H,39,43)(H2,37,40,44);2*1H. The van der Waals surface area contributed by atoms with Crippen molar-refractivity contribution in [2.24, 2.45) is 0 Å². The van der Waals surface area contributed by atoms with E-state index in [2.05, 4.69) is 30.9 Å². The first kappa shape index (κ1) is 36.8. The zero-order valence-corrected chi connectivity index (χ0v) is 28.1. The number of para-hydroxylation sites is 1. The summed E-state index contributed by atoms with van der Waals surface area (Å²) in [5, 5.41) is 9.36. The van der Waals surface area contributed by atoms with Crippen LogP contribution in [0.25, 0.3) is 10.9 Å². The van der Waals surface area contributed by atoms with Crippen molar-refractivity contribution in [2.75, 3.05) is 29.1 Å². The minimum absolute atomic E-state index is 0. The molecule has 11 nitrogen and oxygen atoms in total. The highest BCUT2D eigenvalue weighted by atomic mass is 35.5. The highest BCUT2D eigenvalue weighted by Gasteiger charge is 2.20. The van der Waals surface area contributed by atoms with Gasteiger partial charge in [0.25, 0.3) is 5.91 Å². The summed E-state index contributed by atoms with van der Waals surface area (Å²) in [6.07, 6.45) is 4.28. The average Bonchev–Trinajstić information content (AvgIpc) is 3.04. The predicted molar refractivity (Wildman–Crippen MR) is 189 cm³/mol. The van der Waals surface area contributed by atoms with Crippen LogP contribution in [0.3, 0.4) is 0 Å². The van der Waals surface area contributed by atoms with Gasteiger partial charge in [0.15, 0.2) is 0 Å². The zero-order chi connectivity index (χ0) is 31.9. The van der Waals surface area contributed by atoms with Gasteiger partial charge >= 0.3 is 6.03 Å². The summed E-state index contributed by atoms with van der Waals surface area (Å²) < 4.78 is 6.07. The first-order chi connectivity index (χ1) is 21.7. The highest BCUT2D eigenvalue weighted by Crippen LogP contribution is 2.35. The van der Waals surface area contributed by atoms with E-state index in [1.165, 1.54) is 29.7 Å². The molecule has 0 aliphatic heterocycles. The minimum atomic E-state index is -0.638. The summed E-state index contributed by atoms with van der Waals surface area (Å²) in [5.74, 6) is -0.266. The van der Waals surface area contributed by atoms with Crippen LogP contribution in [0.2, 0.25) is 10.0 Å². The van der Waals surface area contributed by atoms with Crippen molar-refractivity contribution in [3.8, 4) is 5.75 Å². The number of carbonyl (C=O) groups is 3. The summed E-state index contributed by atoms with van der Waals surface area (Å²) >= 11 is 13.2. The average molecular weight is 717 g/mol. The van der Waals surface area contributed by atoms with Gasteiger partial charge in [0.1, 0.15) is 24.2 Å².